The van der Waals surface area contributed by atoms with E-state index in [-0.39, 0.29) is 11.5 Å². The highest BCUT2D eigenvalue weighted by Gasteiger charge is 2.23. The SMILES string of the molecule is O=C(O)c1cccc(OCC2CCN(C3=NCC(NC(=O)c4ccc(Oc5ccccc5)nc4)=CC3)CC2)c1. The summed E-state index contributed by atoms with van der Waals surface area (Å²) >= 11 is 0. The molecule has 0 aliphatic carbocycles. The van der Waals surface area contributed by atoms with Gasteiger partial charge in [0, 0.05) is 37.5 Å². The number of hydrogen-bond donors (Lipinski definition) is 2. The first-order valence-corrected chi connectivity index (χ1v) is 13.0. The number of nitrogens with one attached hydrogen (secondary N) is 1. The van der Waals surface area contributed by atoms with Crippen LogP contribution in [0.3, 0.4) is 0 Å². The maximum absolute atomic E-state index is 12.7. The van der Waals surface area contributed by atoms with Gasteiger partial charge in [-0.05, 0) is 55.2 Å². The predicted molar refractivity (Wildman–Crippen MR) is 146 cm³/mol. The lowest BCUT2D eigenvalue weighted by Gasteiger charge is -2.35. The van der Waals surface area contributed by atoms with Crippen LogP contribution in [0.2, 0.25) is 0 Å². The fourth-order valence-electron chi connectivity index (χ4n) is 4.53. The lowest BCUT2D eigenvalue weighted by molar-refractivity contribution is 0.0696. The number of para-hydroxylation sites is 1. The number of piperidine rings is 1. The molecule has 2 aliphatic rings. The number of pyridine rings is 1. The van der Waals surface area contributed by atoms with Crippen LogP contribution in [0, 0.1) is 5.92 Å². The van der Waals surface area contributed by atoms with E-state index in [2.05, 4.69) is 15.2 Å². The van der Waals surface area contributed by atoms with Crippen LogP contribution in [-0.2, 0) is 0 Å². The summed E-state index contributed by atoms with van der Waals surface area (Å²) < 4.78 is 11.5. The molecule has 1 saturated heterocycles. The molecular weight excluding hydrogens is 496 g/mol. The molecule has 0 saturated carbocycles. The fourth-order valence-corrected chi connectivity index (χ4v) is 4.53. The molecule has 0 spiro atoms. The van der Waals surface area contributed by atoms with Crippen molar-refractivity contribution in [2.45, 2.75) is 19.3 Å². The Morgan fingerprint density at radius 1 is 0.974 bits per heavy atom. The molecule has 5 rings (SSSR count). The van der Waals surface area contributed by atoms with E-state index in [1.807, 2.05) is 36.4 Å². The number of aromatic carboxylic acids is 1. The number of aliphatic imine (C=N–C) groups is 1. The highest BCUT2D eigenvalue weighted by Crippen LogP contribution is 2.23. The summed E-state index contributed by atoms with van der Waals surface area (Å²) in [5.74, 6) is 1.94. The zero-order valence-corrected chi connectivity index (χ0v) is 21.5. The Bertz CT molecular complexity index is 1360. The van der Waals surface area contributed by atoms with Crippen molar-refractivity contribution in [3.63, 3.8) is 0 Å². The standard InChI is InChI=1S/C30H30N4O5/c35-29(23-9-12-28(32-18-23)39-25-6-2-1-3-7-25)33-24-10-11-27(31-19-24)34-15-13-21(14-16-34)20-38-26-8-4-5-22(17-26)30(36)37/h1-10,12,17-18,21H,11,13-16,19-20H2,(H,33,35)(H,36,37). The van der Waals surface area contributed by atoms with Gasteiger partial charge in [-0.15, -0.1) is 0 Å². The number of carboxylic acids is 1. The maximum atomic E-state index is 12.7. The Morgan fingerprint density at radius 3 is 2.46 bits per heavy atom. The quantitative estimate of drug-likeness (QED) is 0.434. The molecule has 9 heteroatoms. The van der Waals surface area contributed by atoms with E-state index in [0.717, 1.165) is 37.5 Å². The third-order valence-electron chi connectivity index (χ3n) is 6.75. The number of ether oxygens (including phenoxy) is 2. The molecule has 3 heterocycles. The summed E-state index contributed by atoms with van der Waals surface area (Å²) in [6, 6.07) is 19.3. The van der Waals surface area contributed by atoms with Crippen LogP contribution in [0.4, 0.5) is 0 Å². The van der Waals surface area contributed by atoms with E-state index in [4.69, 9.17) is 19.6 Å². The van der Waals surface area contributed by atoms with Gasteiger partial charge < -0.3 is 24.8 Å². The number of nitrogens with zero attached hydrogens (tertiary/aromatic N) is 3. The van der Waals surface area contributed by atoms with Crippen LogP contribution in [0.5, 0.6) is 17.4 Å². The lowest BCUT2D eigenvalue weighted by atomic mass is 9.97. The number of benzene rings is 2. The minimum absolute atomic E-state index is 0.226. The number of amidine groups is 1. The summed E-state index contributed by atoms with van der Waals surface area (Å²) in [6.45, 7) is 2.77. The Labute approximate surface area is 226 Å². The van der Waals surface area contributed by atoms with Crippen molar-refractivity contribution in [1.29, 1.82) is 0 Å². The molecule has 1 amide bonds. The molecule has 2 aromatic carbocycles. The van der Waals surface area contributed by atoms with Crippen molar-refractivity contribution < 1.29 is 24.2 Å². The van der Waals surface area contributed by atoms with Gasteiger partial charge in [0.05, 0.1) is 24.3 Å². The number of aromatic nitrogens is 1. The Morgan fingerprint density at radius 2 is 1.77 bits per heavy atom. The number of rotatable bonds is 8. The number of amides is 1. The Hall–Kier alpha value is -4.66. The molecule has 0 unspecified atom stereocenters. The molecule has 9 nitrogen and oxygen atoms in total. The second-order valence-electron chi connectivity index (χ2n) is 9.49. The van der Waals surface area contributed by atoms with Crippen LogP contribution in [0.25, 0.3) is 0 Å². The van der Waals surface area contributed by atoms with Gasteiger partial charge >= 0.3 is 5.97 Å². The number of carboxylic acid groups (broad SMARTS) is 1. The van der Waals surface area contributed by atoms with Crippen LogP contribution >= 0.6 is 0 Å². The van der Waals surface area contributed by atoms with Gasteiger partial charge in [-0.1, -0.05) is 30.3 Å². The molecule has 2 N–H and O–H groups in total. The van der Waals surface area contributed by atoms with E-state index in [1.165, 1.54) is 6.20 Å². The molecular formula is C30H30N4O5. The highest BCUT2D eigenvalue weighted by molar-refractivity contribution is 5.95. The molecule has 200 valence electrons. The average Bonchev–Trinajstić information content (AvgIpc) is 2.98. The molecule has 2 aliphatic heterocycles. The van der Waals surface area contributed by atoms with E-state index < -0.39 is 5.97 Å². The molecule has 0 bridgehead atoms. The van der Waals surface area contributed by atoms with Crippen LogP contribution < -0.4 is 14.8 Å². The summed E-state index contributed by atoms with van der Waals surface area (Å²) in [5.41, 5.74) is 1.45. The van der Waals surface area contributed by atoms with Crippen molar-refractivity contribution in [3.8, 4) is 17.4 Å². The van der Waals surface area contributed by atoms with Gasteiger partial charge in [0.15, 0.2) is 0 Å². The highest BCUT2D eigenvalue weighted by atomic mass is 16.5. The van der Waals surface area contributed by atoms with E-state index in [0.29, 0.717) is 48.4 Å². The second kappa shape index (κ2) is 12.3. The number of carbonyl (C=O) groups is 2. The van der Waals surface area contributed by atoms with Gasteiger partial charge in [-0.25, -0.2) is 9.78 Å². The van der Waals surface area contributed by atoms with Crippen LogP contribution in [0.15, 0.2) is 89.7 Å². The fraction of sp³-hybridized carbons (Fsp3) is 0.267. The van der Waals surface area contributed by atoms with Gasteiger partial charge in [-0.3, -0.25) is 9.79 Å². The van der Waals surface area contributed by atoms with Gasteiger partial charge in [0.1, 0.15) is 17.3 Å². The van der Waals surface area contributed by atoms with Gasteiger partial charge in [-0.2, -0.15) is 0 Å². The molecule has 0 radical (unpaired) electrons. The zero-order valence-electron chi connectivity index (χ0n) is 21.5. The van der Waals surface area contributed by atoms with Crippen LogP contribution in [-0.4, -0.2) is 58.9 Å². The number of dihydropyridines is 1. The van der Waals surface area contributed by atoms with E-state index in [9.17, 15) is 9.59 Å². The molecule has 1 aromatic heterocycles. The van der Waals surface area contributed by atoms with Crippen LogP contribution in [0.1, 0.15) is 40.0 Å². The number of likely N-dealkylation sites (tertiary alicyclic amines) is 1. The van der Waals surface area contributed by atoms with E-state index in [1.54, 1.807) is 36.4 Å². The van der Waals surface area contributed by atoms with Crippen molar-refractivity contribution in [1.82, 2.24) is 15.2 Å². The number of carbonyl (C=O) groups excluding carboxylic acids is 1. The summed E-state index contributed by atoms with van der Waals surface area (Å²) in [7, 11) is 0. The normalized spacial score (nSPS) is 15.6. The molecule has 0 atom stereocenters. The second-order valence-corrected chi connectivity index (χ2v) is 9.49. The number of hydrogen-bond acceptors (Lipinski definition) is 7. The first-order chi connectivity index (χ1) is 19.0. The Kier molecular flexibility index (Phi) is 8.16. The molecule has 1 fully saturated rings. The first kappa shape index (κ1) is 26.0. The van der Waals surface area contributed by atoms with E-state index >= 15 is 0 Å². The average molecular weight is 527 g/mol. The summed E-state index contributed by atoms with van der Waals surface area (Å²) in [4.78, 5) is 35.1. The monoisotopic (exact) mass is 526 g/mol. The lowest BCUT2D eigenvalue weighted by Crippen LogP contribution is -2.40. The smallest absolute Gasteiger partial charge is 0.335 e. The van der Waals surface area contributed by atoms with Crippen molar-refractivity contribution in [3.05, 3.63) is 95.8 Å². The van der Waals surface area contributed by atoms with Crippen molar-refractivity contribution in [2.75, 3.05) is 26.2 Å². The minimum atomic E-state index is -0.959. The third-order valence-corrected chi connectivity index (χ3v) is 6.75. The first-order valence-electron chi connectivity index (χ1n) is 13.0. The third kappa shape index (κ3) is 7.01. The topological polar surface area (TPSA) is 113 Å². The molecule has 39 heavy (non-hydrogen) atoms. The van der Waals surface area contributed by atoms with Crippen molar-refractivity contribution in [2.24, 2.45) is 10.9 Å². The van der Waals surface area contributed by atoms with Gasteiger partial charge in [0.25, 0.3) is 5.91 Å². The summed E-state index contributed by atoms with van der Waals surface area (Å²) in [6.07, 6.45) is 6.14. The molecule has 3 aromatic rings. The zero-order chi connectivity index (χ0) is 27.0. The Balaban J connectivity index is 1.05. The van der Waals surface area contributed by atoms with Gasteiger partial charge in [0.2, 0.25) is 5.88 Å². The predicted octanol–water partition coefficient (Wildman–Crippen LogP) is 4.78. The minimum Gasteiger partial charge on any atom is -0.493 e. The maximum Gasteiger partial charge on any atom is 0.335 e. The summed E-state index contributed by atoms with van der Waals surface area (Å²) in [5, 5.41) is 12.1. The largest absolute Gasteiger partial charge is 0.493 e. The van der Waals surface area contributed by atoms with Crippen molar-refractivity contribution >= 4 is 17.7 Å².